The maximum atomic E-state index is 11.9. The second kappa shape index (κ2) is 5.16. The van der Waals surface area contributed by atoms with E-state index in [1.165, 1.54) is 0 Å². The third kappa shape index (κ3) is 2.44. The molecular weight excluding hydrogens is 252 g/mol. The highest BCUT2D eigenvalue weighted by Crippen LogP contribution is 2.34. The number of cyclic esters (lactones) is 1. The Balaban J connectivity index is 2.27. The molecule has 1 unspecified atom stereocenters. The number of anilines is 1. The van der Waals surface area contributed by atoms with E-state index < -0.39 is 0 Å². The first-order valence-corrected chi connectivity index (χ1v) is 6.37. The van der Waals surface area contributed by atoms with Crippen molar-refractivity contribution in [3.8, 4) is 0 Å². The molecule has 1 saturated heterocycles. The Morgan fingerprint density at radius 1 is 1.44 bits per heavy atom. The van der Waals surface area contributed by atoms with Crippen molar-refractivity contribution in [2.75, 3.05) is 18.1 Å². The Morgan fingerprint density at radius 3 is 2.72 bits per heavy atom. The van der Waals surface area contributed by atoms with Crippen LogP contribution in [-0.4, -0.2) is 24.8 Å². The van der Waals surface area contributed by atoms with Gasteiger partial charge >= 0.3 is 6.09 Å². The summed E-state index contributed by atoms with van der Waals surface area (Å²) in [7, 11) is 0. The minimum absolute atomic E-state index is 0.308. The summed E-state index contributed by atoms with van der Waals surface area (Å²) in [6.07, 6.45) is 1.37. The summed E-state index contributed by atoms with van der Waals surface area (Å²) in [5, 5.41) is 0.648. The van der Waals surface area contributed by atoms with Gasteiger partial charge in [-0.05, 0) is 50.6 Å². The van der Waals surface area contributed by atoms with Gasteiger partial charge < -0.3 is 10.5 Å². The fourth-order valence-corrected chi connectivity index (χ4v) is 2.37. The van der Waals surface area contributed by atoms with Crippen LogP contribution in [0.1, 0.15) is 19.8 Å². The van der Waals surface area contributed by atoms with E-state index in [9.17, 15) is 4.79 Å². The molecule has 0 spiro atoms. The van der Waals surface area contributed by atoms with Crippen LogP contribution in [0.5, 0.6) is 0 Å². The smallest absolute Gasteiger partial charge is 0.415 e. The Bertz CT molecular complexity index is 435. The van der Waals surface area contributed by atoms with Gasteiger partial charge in [0.15, 0.2) is 0 Å². The Morgan fingerprint density at radius 2 is 2.11 bits per heavy atom. The molecule has 0 bridgehead atoms. The van der Waals surface area contributed by atoms with Crippen molar-refractivity contribution in [3.05, 3.63) is 29.3 Å². The highest BCUT2D eigenvalue weighted by atomic mass is 35.5. The molecular formula is C13H17ClN2O2. The molecule has 18 heavy (non-hydrogen) atoms. The van der Waals surface area contributed by atoms with Crippen LogP contribution in [0.25, 0.3) is 0 Å². The number of ether oxygens (including phenoxy) is 1. The Hall–Kier alpha value is -1.26. The van der Waals surface area contributed by atoms with Gasteiger partial charge in [-0.25, -0.2) is 4.79 Å². The molecule has 5 heteroatoms. The number of rotatable bonds is 4. The van der Waals surface area contributed by atoms with Crippen LogP contribution in [-0.2, 0) is 4.74 Å². The normalized spacial score (nSPS) is 23.3. The average Bonchev–Trinajstić information content (AvgIpc) is 2.65. The van der Waals surface area contributed by atoms with Crippen molar-refractivity contribution in [3.63, 3.8) is 0 Å². The van der Waals surface area contributed by atoms with Crippen LogP contribution in [0.2, 0.25) is 5.02 Å². The third-order valence-corrected chi connectivity index (χ3v) is 3.49. The van der Waals surface area contributed by atoms with Crippen molar-refractivity contribution in [2.45, 2.75) is 25.3 Å². The van der Waals surface area contributed by atoms with Gasteiger partial charge in [0.2, 0.25) is 0 Å². The fraction of sp³-hybridized carbons (Fsp3) is 0.462. The van der Waals surface area contributed by atoms with Gasteiger partial charge in [0.05, 0.1) is 5.54 Å². The van der Waals surface area contributed by atoms with Gasteiger partial charge in [-0.15, -0.1) is 0 Å². The summed E-state index contributed by atoms with van der Waals surface area (Å²) in [5.41, 5.74) is 6.02. The van der Waals surface area contributed by atoms with E-state index in [4.69, 9.17) is 22.1 Å². The zero-order valence-corrected chi connectivity index (χ0v) is 11.1. The topological polar surface area (TPSA) is 55.6 Å². The fourth-order valence-electron chi connectivity index (χ4n) is 2.24. The number of carbonyl (C=O) groups is 1. The monoisotopic (exact) mass is 268 g/mol. The van der Waals surface area contributed by atoms with Gasteiger partial charge in [-0.1, -0.05) is 11.6 Å². The first kappa shape index (κ1) is 13.2. The summed E-state index contributed by atoms with van der Waals surface area (Å²) in [4.78, 5) is 13.6. The molecule has 4 nitrogen and oxygen atoms in total. The van der Waals surface area contributed by atoms with Crippen LogP contribution < -0.4 is 10.6 Å². The largest absolute Gasteiger partial charge is 0.447 e. The number of nitrogens with two attached hydrogens (primary N) is 1. The molecule has 1 amide bonds. The zero-order chi connectivity index (χ0) is 13.2. The van der Waals surface area contributed by atoms with Crippen molar-refractivity contribution < 1.29 is 9.53 Å². The molecule has 0 aromatic heterocycles. The molecule has 1 aromatic carbocycles. The molecule has 1 heterocycles. The van der Waals surface area contributed by atoms with Gasteiger partial charge in [-0.2, -0.15) is 0 Å². The van der Waals surface area contributed by atoms with E-state index >= 15 is 0 Å². The van der Waals surface area contributed by atoms with E-state index in [1.54, 1.807) is 17.0 Å². The predicted octanol–water partition coefficient (Wildman–Crippen LogP) is 2.79. The Labute approximate surface area is 112 Å². The lowest BCUT2D eigenvalue weighted by Crippen LogP contribution is -2.45. The first-order chi connectivity index (χ1) is 8.57. The van der Waals surface area contributed by atoms with E-state index in [0.29, 0.717) is 18.2 Å². The number of hydrogen-bond donors (Lipinski definition) is 1. The van der Waals surface area contributed by atoms with Gasteiger partial charge in [0, 0.05) is 10.7 Å². The van der Waals surface area contributed by atoms with Crippen LogP contribution in [0, 0.1) is 0 Å². The van der Waals surface area contributed by atoms with Crippen LogP contribution in [0.3, 0.4) is 0 Å². The number of nitrogens with zero attached hydrogens (tertiary/aromatic N) is 1. The number of halogens is 1. The second-order valence-electron chi connectivity index (χ2n) is 4.76. The molecule has 1 atom stereocenters. The summed E-state index contributed by atoms with van der Waals surface area (Å²) >= 11 is 5.86. The van der Waals surface area contributed by atoms with Gasteiger partial charge in [0.1, 0.15) is 6.61 Å². The highest BCUT2D eigenvalue weighted by molar-refractivity contribution is 6.30. The number of carbonyl (C=O) groups excluding carboxylic acids is 1. The minimum Gasteiger partial charge on any atom is -0.447 e. The van der Waals surface area contributed by atoms with Crippen LogP contribution >= 0.6 is 11.6 Å². The van der Waals surface area contributed by atoms with Crippen molar-refractivity contribution in [1.82, 2.24) is 0 Å². The zero-order valence-electron chi connectivity index (χ0n) is 10.4. The predicted molar refractivity (Wildman–Crippen MR) is 72.0 cm³/mol. The van der Waals surface area contributed by atoms with E-state index in [1.807, 2.05) is 19.1 Å². The quantitative estimate of drug-likeness (QED) is 0.914. The van der Waals surface area contributed by atoms with Crippen LogP contribution in [0.4, 0.5) is 10.5 Å². The summed E-state index contributed by atoms with van der Waals surface area (Å²) in [6.45, 7) is 3.02. The van der Waals surface area contributed by atoms with Crippen LogP contribution in [0.15, 0.2) is 24.3 Å². The van der Waals surface area contributed by atoms with E-state index in [0.717, 1.165) is 18.5 Å². The lowest BCUT2D eigenvalue weighted by atomic mass is 9.95. The maximum Gasteiger partial charge on any atom is 0.415 e. The highest BCUT2D eigenvalue weighted by Gasteiger charge is 2.43. The molecule has 1 aliphatic heterocycles. The molecule has 2 rings (SSSR count). The van der Waals surface area contributed by atoms with E-state index in [-0.39, 0.29) is 11.6 Å². The average molecular weight is 269 g/mol. The Kier molecular flexibility index (Phi) is 3.78. The minimum atomic E-state index is -0.329. The molecule has 0 saturated carbocycles. The SMILES string of the molecule is CC1(CCCN)COC(=O)N1c1ccc(Cl)cc1. The van der Waals surface area contributed by atoms with E-state index in [2.05, 4.69) is 0 Å². The van der Waals surface area contributed by atoms with Gasteiger partial charge in [-0.3, -0.25) is 4.90 Å². The summed E-state index contributed by atoms with van der Waals surface area (Å²) in [6, 6.07) is 7.20. The van der Waals surface area contributed by atoms with Crippen molar-refractivity contribution in [2.24, 2.45) is 5.73 Å². The number of hydrogen-bond acceptors (Lipinski definition) is 3. The molecule has 98 valence electrons. The molecule has 1 aromatic rings. The number of benzene rings is 1. The third-order valence-electron chi connectivity index (χ3n) is 3.23. The lowest BCUT2D eigenvalue weighted by molar-refractivity contribution is 0.173. The maximum absolute atomic E-state index is 11.9. The first-order valence-electron chi connectivity index (χ1n) is 5.99. The summed E-state index contributed by atoms with van der Waals surface area (Å²) in [5.74, 6) is 0. The van der Waals surface area contributed by atoms with Crippen molar-refractivity contribution >= 4 is 23.4 Å². The lowest BCUT2D eigenvalue weighted by Gasteiger charge is -2.31. The molecule has 1 fully saturated rings. The molecule has 1 aliphatic rings. The van der Waals surface area contributed by atoms with Crippen molar-refractivity contribution in [1.29, 1.82) is 0 Å². The second-order valence-corrected chi connectivity index (χ2v) is 5.19. The number of amides is 1. The molecule has 2 N–H and O–H groups in total. The molecule has 0 radical (unpaired) electrons. The van der Waals surface area contributed by atoms with Gasteiger partial charge in [0.25, 0.3) is 0 Å². The summed E-state index contributed by atoms with van der Waals surface area (Å²) < 4.78 is 5.18. The molecule has 0 aliphatic carbocycles. The standard InChI is InChI=1S/C13H17ClN2O2/c1-13(7-2-8-15)9-18-12(17)16(13)11-5-3-10(14)4-6-11/h3-6H,2,7-9,15H2,1H3.